The van der Waals surface area contributed by atoms with Crippen LogP contribution in [0.25, 0.3) is 10.9 Å². The predicted octanol–water partition coefficient (Wildman–Crippen LogP) is 5.82. The summed E-state index contributed by atoms with van der Waals surface area (Å²) in [6, 6.07) is 24.3. The number of ether oxygens (including phenoxy) is 2. The molecule has 4 nitrogen and oxygen atoms in total. The summed E-state index contributed by atoms with van der Waals surface area (Å²) in [5.41, 5.74) is 5.21. The van der Waals surface area contributed by atoms with E-state index in [0.29, 0.717) is 6.42 Å². The van der Waals surface area contributed by atoms with E-state index in [2.05, 4.69) is 35.3 Å². The number of para-hydroxylation sites is 3. The zero-order valence-electron chi connectivity index (χ0n) is 15.6. The SMILES string of the molecule is COc1ccc(C2CC(c3c[nH]c4ccccc34)=Nc3ccccc3O2)cc1. The number of nitrogens with one attached hydrogen (secondary N) is 1. The van der Waals surface area contributed by atoms with Crippen LogP contribution in [0.2, 0.25) is 0 Å². The minimum atomic E-state index is -0.123. The van der Waals surface area contributed by atoms with Crippen LogP contribution in [-0.4, -0.2) is 17.8 Å². The quantitative estimate of drug-likeness (QED) is 0.495. The fourth-order valence-electron chi connectivity index (χ4n) is 3.70. The monoisotopic (exact) mass is 368 g/mol. The van der Waals surface area contributed by atoms with E-state index in [1.807, 2.05) is 48.7 Å². The molecule has 0 fully saturated rings. The van der Waals surface area contributed by atoms with Crippen molar-refractivity contribution in [3.05, 3.63) is 90.1 Å². The van der Waals surface area contributed by atoms with Crippen molar-refractivity contribution in [2.45, 2.75) is 12.5 Å². The molecule has 0 aliphatic carbocycles. The summed E-state index contributed by atoms with van der Waals surface area (Å²) in [7, 11) is 1.68. The first-order chi connectivity index (χ1) is 13.8. The number of rotatable bonds is 3. The van der Waals surface area contributed by atoms with Gasteiger partial charge in [0, 0.05) is 29.1 Å². The molecule has 1 N–H and O–H groups in total. The van der Waals surface area contributed by atoms with Crippen LogP contribution in [0.15, 0.2) is 84.0 Å². The van der Waals surface area contributed by atoms with Gasteiger partial charge in [0.2, 0.25) is 0 Å². The van der Waals surface area contributed by atoms with Gasteiger partial charge in [-0.2, -0.15) is 0 Å². The van der Waals surface area contributed by atoms with Gasteiger partial charge in [0.15, 0.2) is 0 Å². The fraction of sp³-hybridized carbons (Fsp3) is 0.125. The molecule has 1 aliphatic rings. The highest BCUT2D eigenvalue weighted by atomic mass is 16.5. The highest BCUT2D eigenvalue weighted by Gasteiger charge is 2.24. The molecule has 0 bridgehead atoms. The first-order valence-corrected chi connectivity index (χ1v) is 9.35. The minimum Gasteiger partial charge on any atom is -0.497 e. The molecule has 3 aromatic carbocycles. The summed E-state index contributed by atoms with van der Waals surface area (Å²) >= 11 is 0. The molecule has 138 valence electrons. The average Bonchev–Trinajstić information content (AvgIpc) is 3.08. The lowest BCUT2D eigenvalue weighted by molar-refractivity contribution is 0.217. The molecule has 5 rings (SSSR count). The number of hydrogen-bond donors (Lipinski definition) is 1. The molecule has 0 saturated heterocycles. The Morgan fingerprint density at radius 1 is 0.964 bits per heavy atom. The lowest BCUT2D eigenvalue weighted by atomic mass is 9.99. The van der Waals surface area contributed by atoms with Gasteiger partial charge in [0.25, 0.3) is 0 Å². The van der Waals surface area contributed by atoms with Gasteiger partial charge in [-0.1, -0.05) is 42.5 Å². The molecule has 0 amide bonds. The van der Waals surface area contributed by atoms with Gasteiger partial charge in [-0.05, 0) is 35.9 Å². The third kappa shape index (κ3) is 2.93. The molecule has 4 aromatic rings. The molecule has 0 spiro atoms. The first kappa shape index (κ1) is 16.6. The molecule has 28 heavy (non-hydrogen) atoms. The Balaban J connectivity index is 1.62. The molecule has 2 heterocycles. The van der Waals surface area contributed by atoms with E-state index in [1.165, 1.54) is 5.39 Å². The number of aromatic amines is 1. The van der Waals surface area contributed by atoms with Crippen molar-refractivity contribution in [3.63, 3.8) is 0 Å². The zero-order chi connectivity index (χ0) is 18.9. The molecule has 1 aliphatic heterocycles. The predicted molar refractivity (Wildman–Crippen MR) is 112 cm³/mol. The third-order valence-electron chi connectivity index (χ3n) is 5.16. The van der Waals surface area contributed by atoms with Crippen molar-refractivity contribution in [2.24, 2.45) is 4.99 Å². The largest absolute Gasteiger partial charge is 0.497 e. The van der Waals surface area contributed by atoms with Crippen LogP contribution < -0.4 is 9.47 Å². The number of aromatic nitrogens is 1. The lowest BCUT2D eigenvalue weighted by Gasteiger charge is -2.18. The van der Waals surface area contributed by atoms with Crippen molar-refractivity contribution in [3.8, 4) is 11.5 Å². The van der Waals surface area contributed by atoms with Crippen LogP contribution in [0.3, 0.4) is 0 Å². The molecular formula is C24H20N2O2. The number of benzene rings is 3. The zero-order valence-corrected chi connectivity index (χ0v) is 15.6. The van der Waals surface area contributed by atoms with Crippen molar-refractivity contribution >= 4 is 22.3 Å². The Kier molecular flexibility index (Phi) is 4.09. The van der Waals surface area contributed by atoms with Crippen LogP contribution in [0.4, 0.5) is 5.69 Å². The van der Waals surface area contributed by atoms with Gasteiger partial charge in [0.1, 0.15) is 23.3 Å². The summed E-state index contributed by atoms with van der Waals surface area (Å²) in [5.74, 6) is 1.64. The van der Waals surface area contributed by atoms with Crippen LogP contribution in [0, 0.1) is 0 Å². The van der Waals surface area contributed by atoms with Gasteiger partial charge in [-0.25, -0.2) is 4.99 Å². The second-order valence-electron chi connectivity index (χ2n) is 6.86. The summed E-state index contributed by atoms with van der Waals surface area (Å²) in [6.07, 6.45) is 2.60. The van der Waals surface area contributed by atoms with Gasteiger partial charge >= 0.3 is 0 Å². The van der Waals surface area contributed by atoms with E-state index >= 15 is 0 Å². The Labute approximate surface area is 163 Å². The summed E-state index contributed by atoms with van der Waals surface area (Å²) in [5, 5.41) is 1.18. The second kappa shape index (κ2) is 6.89. The summed E-state index contributed by atoms with van der Waals surface area (Å²) < 4.78 is 11.7. The highest BCUT2D eigenvalue weighted by molar-refractivity contribution is 6.12. The van der Waals surface area contributed by atoms with Crippen LogP contribution in [-0.2, 0) is 0 Å². The van der Waals surface area contributed by atoms with Gasteiger partial charge in [-0.3, -0.25) is 0 Å². The Morgan fingerprint density at radius 2 is 1.75 bits per heavy atom. The molecular weight excluding hydrogens is 348 g/mol. The van der Waals surface area contributed by atoms with E-state index in [4.69, 9.17) is 14.5 Å². The Bertz CT molecular complexity index is 1160. The number of fused-ring (bicyclic) bond motifs is 2. The molecule has 4 heteroatoms. The molecule has 1 atom stereocenters. The number of methoxy groups -OCH3 is 1. The Hall–Kier alpha value is -3.53. The summed E-state index contributed by atoms with van der Waals surface area (Å²) in [6.45, 7) is 0. The van der Waals surface area contributed by atoms with E-state index in [0.717, 1.165) is 39.5 Å². The molecule has 0 saturated carbocycles. The number of hydrogen-bond acceptors (Lipinski definition) is 3. The summed E-state index contributed by atoms with van der Waals surface area (Å²) in [4.78, 5) is 8.35. The van der Waals surface area contributed by atoms with E-state index in [-0.39, 0.29) is 6.10 Å². The maximum Gasteiger partial charge on any atom is 0.145 e. The van der Waals surface area contributed by atoms with E-state index in [9.17, 15) is 0 Å². The van der Waals surface area contributed by atoms with Crippen molar-refractivity contribution in [2.75, 3.05) is 7.11 Å². The lowest BCUT2D eigenvalue weighted by Crippen LogP contribution is -2.12. The van der Waals surface area contributed by atoms with Crippen LogP contribution in [0.5, 0.6) is 11.5 Å². The van der Waals surface area contributed by atoms with E-state index < -0.39 is 0 Å². The fourth-order valence-corrected chi connectivity index (χ4v) is 3.70. The topological polar surface area (TPSA) is 46.6 Å². The normalized spacial score (nSPS) is 16.0. The van der Waals surface area contributed by atoms with Gasteiger partial charge < -0.3 is 14.5 Å². The van der Waals surface area contributed by atoms with Gasteiger partial charge in [-0.15, -0.1) is 0 Å². The third-order valence-corrected chi connectivity index (χ3v) is 5.16. The minimum absolute atomic E-state index is 0.123. The maximum absolute atomic E-state index is 6.39. The van der Waals surface area contributed by atoms with Gasteiger partial charge in [0.05, 0.1) is 12.8 Å². The smallest absolute Gasteiger partial charge is 0.145 e. The van der Waals surface area contributed by atoms with Crippen molar-refractivity contribution in [1.82, 2.24) is 4.98 Å². The second-order valence-corrected chi connectivity index (χ2v) is 6.86. The van der Waals surface area contributed by atoms with Crippen LogP contribution in [0.1, 0.15) is 23.7 Å². The number of nitrogens with zero attached hydrogens (tertiary/aromatic N) is 1. The Morgan fingerprint density at radius 3 is 2.61 bits per heavy atom. The number of H-pyrrole nitrogens is 1. The van der Waals surface area contributed by atoms with E-state index in [1.54, 1.807) is 7.11 Å². The number of aliphatic imine (C=N–C) groups is 1. The standard InChI is InChI=1S/C24H20N2O2/c1-27-17-12-10-16(11-13-17)24-14-22(26-21-8-4-5-9-23(21)28-24)19-15-25-20-7-3-2-6-18(19)20/h2-13,15,24-25H,14H2,1H3. The highest BCUT2D eigenvalue weighted by Crippen LogP contribution is 2.38. The van der Waals surface area contributed by atoms with Crippen molar-refractivity contribution < 1.29 is 9.47 Å². The van der Waals surface area contributed by atoms with Crippen molar-refractivity contribution in [1.29, 1.82) is 0 Å². The molecule has 1 aromatic heterocycles. The van der Waals surface area contributed by atoms with Crippen LogP contribution >= 0.6 is 0 Å². The molecule has 0 radical (unpaired) electrons. The first-order valence-electron chi connectivity index (χ1n) is 9.35. The maximum atomic E-state index is 6.39. The molecule has 1 unspecified atom stereocenters. The average molecular weight is 368 g/mol.